The van der Waals surface area contributed by atoms with Crippen molar-refractivity contribution in [2.45, 2.75) is 57.6 Å². The monoisotopic (exact) mass is 581 g/mol. The molecule has 1 saturated heterocycles. The van der Waals surface area contributed by atoms with Crippen molar-refractivity contribution in [3.05, 3.63) is 144 Å². The first-order valence-corrected chi connectivity index (χ1v) is 15.9. The average molecular weight is 582 g/mol. The van der Waals surface area contributed by atoms with Gasteiger partial charge in [-0.2, -0.15) is 9.78 Å². The Balaban J connectivity index is 1.45. The van der Waals surface area contributed by atoms with Crippen LogP contribution in [-0.2, 0) is 4.84 Å². The van der Waals surface area contributed by atoms with Gasteiger partial charge in [0.05, 0.1) is 23.1 Å². The maximum atomic E-state index is 15.4. The van der Waals surface area contributed by atoms with Crippen molar-refractivity contribution in [3.63, 3.8) is 0 Å². The molecule has 7 rings (SSSR count). The summed E-state index contributed by atoms with van der Waals surface area (Å²) >= 11 is 0. The van der Waals surface area contributed by atoms with E-state index in [0.29, 0.717) is 17.8 Å². The van der Waals surface area contributed by atoms with Gasteiger partial charge in [-0.05, 0) is 47.9 Å². The molecule has 44 heavy (non-hydrogen) atoms. The number of fused-ring (bicyclic) bond motifs is 1. The maximum Gasteiger partial charge on any atom is 0.256 e. The highest BCUT2D eigenvalue weighted by molar-refractivity contribution is 5.89. The molecular formula is C39H39N3O2. The molecule has 1 fully saturated rings. The first-order chi connectivity index (χ1) is 21.5. The summed E-state index contributed by atoms with van der Waals surface area (Å²) in [4.78, 5) is 22.2. The zero-order valence-electron chi connectivity index (χ0n) is 25.6. The Morgan fingerprint density at radius 3 is 1.95 bits per heavy atom. The van der Waals surface area contributed by atoms with E-state index in [4.69, 9.17) is 9.94 Å². The standard InChI is InChI=1S/C39H39N3O2/c1-26(2)32-25-24-27(3)33-35(32)40-41(36(33)28-16-8-4-9-17-28)39(43)34-37(29-18-10-5-11-19-29)42(31-22-14-7-15-23-31)44-38(34)30-20-12-6-13-21-30/h4-23,26-27,32,34,37-38H,24-25H2,1-3H3/t27-,32-,34+,37-,38+/m1/s1. The first kappa shape index (κ1) is 28.3. The molecule has 0 bridgehead atoms. The van der Waals surface area contributed by atoms with Gasteiger partial charge in [0.2, 0.25) is 0 Å². The topological polar surface area (TPSA) is 47.4 Å². The van der Waals surface area contributed by atoms with Gasteiger partial charge >= 0.3 is 0 Å². The number of hydrogen-bond acceptors (Lipinski definition) is 4. The number of carbonyl (C=O) groups is 1. The number of rotatable bonds is 6. The molecule has 1 aliphatic heterocycles. The molecule has 2 heterocycles. The number of para-hydroxylation sites is 1. The predicted molar refractivity (Wildman–Crippen MR) is 175 cm³/mol. The SMILES string of the molecule is CC(C)[C@H]1CC[C@@H](C)c2c1nn(C(=O)[C@H]1[C@@H](c3ccccc3)N(c3ccccc3)O[C@H]1c1ccccc1)c2-c1ccccc1. The number of hydroxylamine groups is 1. The molecule has 5 nitrogen and oxygen atoms in total. The molecular weight excluding hydrogens is 542 g/mol. The minimum absolute atomic E-state index is 0.0471. The van der Waals surface area contributed by atoms with Crippen LogP contribution in [0.1, 0.15) is 84.8 Å². The Morgan fingerprint density at radius 2 is 1.34 bits per heavy atom. The number of aromatic nitrogens is 2. The summed E-state index contributed by atoms with van der Waals surface area (Å²) in [5.74, 6) is 0.451. The molecule has 4 aromatic carbocycles. The molecule has 5 aromatic rings. The Kier molecular flexibility index (Phi) is 7.65. The highest BCUT2D eigenvalue weighted by Crippen LogP contribution is 2.51. The van der Waals surface area contributed by atoms with Crippen molar-refractivity contribution in [1.29, 1.82) is 0 Å². The van der Waals surface area contributed by atoms with E-state index in [-0.39, 0.29) is 11.9 Å². The van der Waals surface area contributed by atoms with Crippen molar-refractivity contribution < 1.29 is 9.63 Å². The third kappa shape index (κ3) is 4.95. The van der Waals surface area contributed by atoms with Crippen molar-refractivity contribution in [1.82, 2.24) is 9.78 Å². The average Bonchev–Trinajstić information content (AvgIpc) is 3.67. The lowest BCUT2D eigenvalue weighted by molar-refractivity contribution is 0.0542. The fourth-order valence-electron chi connectivity index (χ4n) is 7.27. The van der Waals surface area contributed by atoms with Crippen LogP contribution in [0.4, 0.5) is 5.69 Å². The highest BCUT2D eigenvalue weighted by atomic mass is 16.7. The highest BCUT2D eigenvalue weighted by Gasteiger charge is 2.51. The van der Waals surface area contributed by atoms with E-state index in [2.05, 4.69) is 57.2 Å². The number of carbonyl (C=O) groups excluding carboxylic acids is 1. The number of anilines is 1. The second kappa shape index (κ2) is 11.9. The number of hydrogen-bond donors (Lipinski definition) is 0. The van der Waals surface area contributed by atoms with Crippen LogP contribution in [0, 0.1) is 11.8 Å². The van der Waals surface area contributed by atoms with E-state index in [1.165, 1.54) is 5.56 Å². The van der Waals surface area contributed by atoms with Crippen molar-refractivity contribution in [2.75, 3.05) is 5.06 Å². The van der Waals surface area contributed by atoms with Gasteiger partial charge in [-0.25, -0.2) is 5.06 Å². The van der Waals surface area contributed by atoms with Crippen molar-refractivity contribution in [2.24, 2.45) is 11.8 Å². The molecule has 1 aromatic heterocycles. The molecule has 222 valence electrons. The third-order valence-corrected chi connectivity index (χ3v) is 9.48. The van der Waals surface area contributed by atoms with Crippen LogP contribution in [0.25, 0.3) is 11.3 Å². The van der Waals surface area contributed by atoms with Gasteiger partial charge in [0.25, 0.3) is 5.91 Å². The minimum atomic E-state index is -0.559. The second-order valence-corrected chi connectivity index (χ2v) is 12.6. The Bertz CT molecular complexity index is 1720. The Morgan fingerprint density at radius 1 is 0.773 bits per heavy atom. The molecule has 0 saturated carbocycles. The van der Waals surface area contributed by atoms with Gasteiger partial charge in [-0.1, -0.05) is 130 Å². The van der Waals surface area contributed by atoms with Gasteiger partial charge in [-0.15, -0.1) is 0 Å². The van der Waals surface area contributed by atoms with Crippen molar-refractivity contribution in [3.8, 4) is 11.3 Å². The van der Waals surface area contributed by atoms with Crippen LogP contribution in [0.5, 0.6) is 0 Å². The van der Waals surface area contributed by atoms with E-state index in [9.17, 15) is 0 Å². The molecule has 0 unspecified atom stereocenters. The molecule has 0 spiro atoms. The van der Waals surface area contributed by atoms with E-state index in [1.807, 2.05) is 90.0 Å². The van der Waals surface area contributed by atoms with E-state index in [1.54, 1.807) is 4.68 Å². The molecule has 5 heteroatoms. The zero-order chi connectivity index (χ0) is 30.2. The summed E-state index contributed by atoms with van der Waals surface area (Å²) in [6, 6.07) is 40.5. The summed E-state index contributed by atoms with van der Waals surface area (Å²) < 4.78 is 1.76. The Hall–Kier alpha value is -4.48. The first-order valence-electron chi connectivity index (χ1n) is 15.9. The Labute approximate surface area is 260 Å². The smallest absolute Gasteiger partial charge is 0.256 e. The van der Waals surface area contributed by atoms with Crippen LogP contribution in [-0.4, -0.2) is 15.7 Å². The van der Waals surface area contributed by atoms with Crippen LogP contribution < -0.4 is 5.06 Å². The summed E-state index contributed by atoms with van der Waals surface area (Å²) in [5, 5.41) is 7.22. The number of nitrogens with zero attached hydrogens (tertiary/aromatic N) is 3. The van der Waals surface area contributed by atoms with Gasteiger partial charge in [0.1, 0.15) is 12.0 Å². The minimum Gasteiger partial charge on any atom is -0.272 e. The van der Waals surface area contributed by atoms with Gasteiger partial charge in [-0.3, -0.25) is 9.63 Å². The van der Waals surface area contributed by atoms with E-state index < -0.39 is 12.0 Å². The third-order valence-electron chi connectivity index (χ3n) is 9.48. The zero-order valence-corrected chi connectivity index (χ0v) is 25.6. The largest absolute Gasteiger partial charge is 0.272 e. The summed E-state index contributed by atoms with van der Waals surface area (Å²) in [7, 11) is 0. The summed E-state index contributed by atoms with van der Waals surface area (Å²) in [6.07, 6.45) is 1.67. The second-order valence-electron chi connectivity index (χ2n) is 12.6. The van der Waals surface area contributed by atoms with Crippen LogP contribution in [0.2, 0.25) is 0 Å². The van der Waals surface area contributed by atoms with Crippen LogP contribution in [0.3, 0.4) is 0 Å². The lowest BCUT2D eigenvalue weighted by Crippen LogP contribution is -2.32. The van der Waals surface area contributed by atoms with Gasteiger partial charge < -0.3 is 0 Å². The fourth-order valence-corrected chi connectivity index (χ4v) is 7.27. The van der Waals surface area contributed by atoms with E-state index in [0.717, 1.165) is 46.6 Å². The molecule has 2 aliphatic rings. The van der Waals surface area contributed by atoms with Crippen LogP contribution >= 0.6 is 0 Å². The molecule has 1 aliphatic carbocycles. The van der Waals surface area contributed by atoms with E-state index >= 15 is 4.79 Å². The fraction of sp³-hybridized carbons (Fsp3) is 0.282. The van der Waals surface area contributed by atoms with Crippen LogP contribution in [0.15, 0.2) is 121 Å². The normalized spacial score (nSPS) is 23.1. The lowest BCUT2D eigenvalue weighted by atomic mass is 9.75. The van der Waals surface area contributed by atoms with Crippen molar-refractivity contribution >= 4 is 11.6 Å². The molecule has 0 N–H and O–H groups in total. The molecule has 0 amide bonds. The molecule has 5 atom stereocenters. The summed E-state index contributed by atoms with van der Waals surface area (Å²) in [5.41, 5.74) is 7.17. The van der Waals surface area contributed by atoms with Gasteiger partial charge in [0.15, 0.2) is 0 Å². The summed E-state index contributed by atoms with van der Waals surface area (Å²) in [6.45, 7) is 6.83. The predicted octanol–water partition coefficient (Wildman–Crippen LogP) is 9.38. The lowest BCUT2D eigenvalue weighted by Gasteiger charge is -2.29. The maximum absolute atomic E-state index is 15.4. The quantitative estimate of drug-likeness (QED) is 0.200. The van der Waals surface area contributed by atoms with Gasteiger partial charge in [0, 0.05) is 17.0 Å². The number of benzene rings is 4. The molecule has 0 radical (unpaired) electrons.